The lowest BCUT2D eigenvalue weighted by Gasteiger charge is -2.06. The van der Waals surface area contributed by atoms with E-state index >= 15 is 0 Å². The number of halogens is 1. The second kappa shape index (κ2) is 5.52. The summed E-state index contributed by atoms with van der Waals surface area (Å²) in [4.78, 5) is 8.88. The Bertz CT molecular complexity index is 128. The maximum atomic E-state index is 10.8. The molecule has 0 radical (unpaired) electrons. The predicted octanol–water partition coefficient (Wildman–Crippen LogP) is 2.03. The van der Waals surface area contributed by atoms with Gasteiger partial charge >= 0.3 is 7.60 Å². The predicted molar refractivity (Wildman–Crippen MR) is 49.8 cm³/mol. The third-order valence-electron chi connectivity index (χ3n) is 1.11. The molecule has 0 amide bonds. The smallest absolute Gasteiger partial charge is 0.324 e. The number of rotatable bonds is 5. The quantitative estimate of drug-likeness (QED) is 0.362. The maximum Gasteiger partial charge on any atom is 0.327 e. The van der Waals surface area contributed by atoms with Gasteiger partial charge in [0, 0.05) is 7.11 Å². The molecule has 5 heteroatoms. The van der Waals surface area contributed by atoms with E-state index in [2.05, 4.69) is 27.1 Å². The zero-order valence-corrected chi connectivity index (χ0v) is 8.97. The van der Waals surface area contributed by atoms with E-state index in [-0.39, 0.29) is 6.16 Å². The Hall–Kier alpha value is 0.880. The lowest BCUT2D eigenvalue weighted by molar-refractivity contribution is 0.315. The fourth-order valence-corrected chi connectivity index (χ4v) is 1.84. The molecule has 0 fully saturated rings. The van der Waals surface area contributed by atoms with Gasteiger partial charge in [-0.1, -0.05) is 22.6 Å². The molecule has 0 aliphatic rings. The van der Waals surface area contributed by atoms with Gasteiger partial charge < -0.3 is 9.42 Å². The molecule has 0 saturated heterocycles. The minimum Gasteiger partial charge on any atom is -0.324 e. The zero-order valence-electron chi connectivity index (χ0n) is 5.92. The van der Waals surface area contributed by atoms with Crippen LogP contribution in [0.4, 0.5) is 0 Å². The Balaban J connectivity index is 3.38. The van der Waals surface area contributed by atoms with Gasteiger partial charge in [-0.05, 0) is 17.3 Å². The van der Waals surface area contributed by atoms with Crippen molar-refractivity contribution in [1.82, 2.24) is 0 Å². The molecule has 10 heavy (non-hydrogen) atoms. The number of hydrogen-bond acceptors (Lipinski definition) is 2. The fraction of sp³-hybridized carbons (Fsp3) is 1.00. The van der Waals surface area contributed by atoms with E-state index in [0.717, 1.165) is 17.3 Å². The average molecular weight is 278 g/mol. The summed E-state index contributed by atoms with van der Waals surface area (Å²) in [6.45, 7) is 0. The third-order valence-corrected chi connectivity index (χ3v) is 3.32. The van der Waals surface area contributed by atoms with Crippen LogP contribution in [0.15, 0.2) is 0 Å². The fourth-order valence-electron chi connectivity index (χ4n) is 0.497. The van der Waals surface area contributed by atoms with Crippen molar-refractivity contribution in [1.29, 1.82) is 0 Å². The van der Waals surface area contributed by atoms with E-state index in [1.165, 1.54) is 7.11 Å². The van der Waals surface area contributed by atoms with Crippen LogP contribution < -0.4 is 0 Å². The van der Waals surface area contributed by atoms with Crippen molar-refractivity contribution in [2.45, 2.75) is 12.8 Å². The molecule has 0 aromatic carbocycles. The average Bonchev–Trinajstić information content (AvgIpc) is 1.89. The highest BCUT2D eigenvalue weighted by molar-refractivity contribution is 14.1. The summed E-state index contributed by atoms with van der Waals surface area (Å²) in [5.74, 6) is 0. The summed E-state index contributed by atoms with van der Waals surface area (Å²) in [6.07, 6.45) is 2.03. The number of unbranched alkanes of at least 4 members (excludes halogenated alkanes) is 1. The van der Waals surface area contributed by atoms with E-state index in [1.54, 1.807) is 0 Å². The van der Waals surface area contributed by atoms with Gasteiger partial charge in [0.25, 0.3) is 0 Å². The summed E-state index contributed by atoms with van der Waals surface area (Å²) in [6, 6.07) is 0. The van der Waals surface area contributed by atoms with Crippen LogP contribution in [0.5, 0.6) is 0 Å². The van der Waals surface area contributed by atoms with E-state index in [9.17, 15) is 4.57 Å². The van der Waals surface area contributed by atoms with Crippen molar-refractivity contribution in [3.8, 4) is 0 Å². The van der Waals surface area contributed by atoms with Crippen LogP contribution in [0.2, 0.25) is 0 Å². The van der Waals surface area contributed by atoms with Gasteiger partial charge in [0.05, 0.1) is 6.16 Å². The van der Waals surface area contributed by atoms with Gasteiger partial charge in [0.2, 0.25) is 0 Å². The Morgan fingerprint density at radius 2 is 2.20 bits per heavy atom. The molecule has 0 aliphatic carbocycles. The van der Waals surface area contributed by atoms with Crippen molar-refractivity contribution in [3.05, 3.63) is 0 Å². The van der Waals surface area contributed by atoms with Gasteiger partial charge in [-0.15, -0.1) is 0 Å². The van der Waals surface area contributed by atoms with Crippen LogP contribution in [-0.2, 0) is 9.09 Å². The van der Waals surface area contributed by atoms with Crippen molar-refractivity contribution in [2.24, 2.45) is 0 Å². The van der Waals surface area contributed by atoms with Gasteiger partial charge in [0.15, 0.2) is 0 Å². The molecule has 0 bridgehead atoms. The highest BCUT2D eigenvalue weighted by Gasteiger charge is 2.14. The molecule has 0 aromatic rings. The standard InChI is InChI=1S/C5H12IO3P/c1-9-10(7,8)5-3-2-4-6/h2-5H2,1H3,(H,7,8). The molecule has 1 atom stereocenters. The zero-order chi connectivity index (χ0) is 8.04. The van der Waals surface area contributed by atoms with Crippen LogP contribution in [0.25, 0.3) is 0 Å². The SMILES string of the molecule is COP(=O)(O)CCCCI. The second-order valence-corrected chi connectivity index (χ2v) is 5.11. The Morgan fingerprint density at radius 3 is 2.60 bits per heavy atom. The molecule has 1 N–H and O–H groups in total. The minimum atomic E-state index is -3.21. The van der Waals surface area contributed by atoms with Crippen molar-refractivity contribution in [2.75, 3.05) is 17.7 Å². The van der Waals surface area contributed by atoms with Crippen molar-refractivity contribution >= 4 is 30.2 Å². The molecule has 0 aliphatic heterocycles. The molecular formula is C5H12IO3P. The maximum absolute atomic E-state index is 10.8. The summed E-state index contributed by atoms with van der Waals surface area (Å²) in [5, 5.41) is 0. The third kappa shape index (κ3) is 5.65. The molecular weight excluding hydrogens is 266 g/mol. The molecule has 0 heterocycles. The number of hydrogen-bond donors (Lipinski definition) is 1. The lowest BCUT2D eigenvalue weighted by atomic mass is 10.4. The minimum absolute atomic E-state index is 0.284. The first-order chi connectivity index (χ1) is 4.62. The summed E-state index contributed by atoms with van der Waals surface area (Å²) < 4.78 is 16.2. The van der Waals surface area contributed by atoms with E-state index in [1.807, 2.05) is 0 Å². The Labute approximate surface area is 74.8 Å². The van der Waals surface area contributed by atoms with E-state index in [4.69, 9.17) is 4.89 Å². The van der Waals surface area contributed by atoms with Crippen molar-refractivity contribution in [3.63, 3.8) is 0 Å². The van der Waals surface area contributed by atoms with E-state index < -0.39 is 7.60 Å². The first-order valence-electron chi connectivity index (χ1n) is 3.06. The molecule has 0 saturated carbocycles. The van der Waals surface area contributed by atoms with Crippen LogP contribution in [0.3, 0.4) is 0 Å². The van der Waals surface area contributed by atoms with Gasteiger partial charge in [0.1, 0.15) is 0 Å². The Kier molecular flexibility index (Phi) is 6.01. The number of alkyl halides is 1. The van der Waals surface area contributed by atoms with E-state index in [0.29, 0.717) is 0 Å². The highest BCUT2D eigenvalue weighted by atomic mass is 127. The molecule has 0 aromatic heterocycles. The normalized spacial score (nSPS) is 16.7. The summed E-state index contributed by atoms with van der Waals surface area (Å²) in [7, 11) is -1.94. The first-order valence-corrected chi connectivity index (χ1v) is 6.35. The lowest BCUT2D eigenvalue weighted by Crippen LogP contribution is -1.91. The first kappa shape index (κ1) is 10.9. The van der Waals surface area contributed by atoms with Gasteiger partial charge in [-0.3, -0.25) is 4.57 Å². The van der Waals surface area contributed by atoms with Crippen LogP contribution in [0, 0.1) is 0 Å². The largest absolute Gasteiger partial charge is 0.327 e. The van der Waals surface area contributed by atoms with Crippen molar-refractivity contribution < 1.29 is 14.0 Å². The van der Waals surface area contributed by atoms with Gasteiger partial charge in [-0.2, -0.15) is 0 Å². The summed E-state index contributed by atoms with van der Waals surface area (Å²) >= 11 is 2.24. The highest BCUT2D eigenvalue weighted by Crippen LogP contribution is 2.41. The summed E-state index contributed by atoms with van der Waals surface area (Å²) in [5.41, 5.74) is 0. The van der Waals surface area contributed by atoms with Crippen LogP contribution >= 0.6 is 30.2 Å². The monoisotopic (exact) mass is 278 g/mol. The van der Waals surface area contributed by atoms with Crippen LogP contribution in [0.1, 0.15) is 12.8 Å². The Morgan fingerprint density at radius 1 is 1.60 bits per heavy atom. The molecule has 3 nitrogen and oxygen atoms in total. The van der Waals surface area contributed by atoms with Crippen LogP contribution in [-0.4, -0.2) is 22.6 Å². The molecule has 0 rings (SSSR count). The molecule has 1 unspecified atom stereocenters. The molecule has 62 valence electrons. The molecule has 0 spiro atoms. The second-order valence-electron chi connectivity index (χ2n) is 1.94. The topological polar surface area (TPSA) is 46.5 Å². The van der Waals surface area contributed by atoms with Gasteiger partial charge in [-0.25, -0.2) is 0 Å².